The highest BCUT2D eigenvalue weighted by molar-refractivity contribution is 4.91. The van der Waals surface area contributed by atoms with Crippen LogP contribution in [0, 0.1) is 0 Å². The van der Waals surface area contributed by atoms with Crippen LogP contribution in [-0.4, -0.2) is 48.0 Å². The summed E-state index contributed by atoms with van der Waals surface area (Å²) >= 11 is 0. The second kappa shape index (κ2) is 8.16. The Balaban J connectivity index is 2.05. The lowest BCUT2D eigenvalue weighted by atomic mass is 10.3. The second-order valence-electron chi connectivity index (χ2n) is 4.04. The lowest BCUT2D eigenvalue weighted by Gasteiger charge is -2.07. The van der Waals surface area contributed by atoms with Crippen molar-refractivity contribution in [3.8, 4) is 0 Å². The molecule has 0 aliphatic carbocycles. The lowest BCUT2D eigenvalue weighted by molar-refractivity contribution is 0.0202. The zero-order chi connectivity index (χ0) is 12.5. The summed E-state index contributed by atoms with van der Waals surface area (Å²) in [6, 6.07) is 0. The molecule has 0 aromatic carbocycles. The highest BCUT2D eigenvalue weighted by Gasteiger charge is 2.00. The van der Waals surface area contributed by atoms with Crippen LogP contribution in [0.2, 0.25) is 0 Å². The summed E-state index contributed by atoms with van der Waals surface area (Å²) in [5, 5.41) is 11.0. The second-order valence-corrected chi connectivity index (χ2v) is 4.04. The minimum absolute atomic E-state index is 0.264. The molecule has 1 rings (SSSR count). The van der Waals surface area contributed by atoms with E-state index in [9.17, 15) is 0 Å². The first-order chi connectivity index (χ1) is 8.22. The van der Waals surface area contributed by atoms with E-state index < -0.39 is 0 Å². The van der Waals surface area contributed by atoms with Crippen molar-refractivity contribution in [3.63, 3.8) is 0 Å². The van der Waals surface area contributed by atoms with Crippen LogP contribution in [0.25, 0.3) is 0 Å². The van der Waals surface area contributed by atoms with Gasteiger partial charge < -0.3 is 14.8 Å². The Hall–Kier alpha value is -0.980. The number of hydrogen-bond acceptors (Lipinski definition) is 5. The van der Waals surface area contributed by atoms with Gasteiger partial charge in [0.2, 0.25) is 0 Å². The predicted octanol–water partition coefficient (Wildman–Crippen LogP) is 0.439. The minimum atomic E-state index is 0.264. The molecule has 0 spiro atoms. The highest BCUT2D eigenvalue weighted by Crippen LogP contribution is 1.95. The first-order valence-corrected chi connectivity index (χ1v) is 5.95. The molecule has 0 fully saturated rings. The van der Waals surface area contributed by atoms with Crippen molar-refractivity contribution in [3.05, 3.63) is 11.9 Å². The molecule has 0 saturated carbocycles. The van der Waals surface area contributed by atoms with Crippen molar-refractivity contribution in [2.75, 3.05) is 26.9 Å². The van der Waals surface area contributed by atoms with Crippen LogP contribution in [0.5, 0.6) is 0 Å². The number of ether oxygens (including phenoxy) is 2. The molecule has 0 aliphatic heterocycles. The Morgan fingerprint density at radius 3 is 2.88 bits per heavy atom. The van der Waals surface area contributed by atoms with Crippen LogP contribution in [0.15, 0.2) is 6.20 Å². The molecule has 98 valence electrons. The fourth-order valence-electron chi connectivity index (χ4n) is 1.31. The Morgan fingerprint density at radius 2 is 2.18 bits per heavy atom. The van der Waals surface area contributed by atoms with Crippen molar-refractivity contribution in [1.82, 2.24) is 20.3 Å². The van der Waals surface area contributed by atoms with E-state index in [1.54, 1.807) is 4.68 Å². The molecule has 1 N–H and O–H groups in total. The van der Waals surface area contributed by atoms with Gasteiger partial charge in [0.25, 0.3) is 0 Å². The van der Waals surface area contributed by atoms with Crippen LogP contribution in [0.3, 0.4) is 0 Å². The maximum Gasteiger partial charge on any atom is 0.0919 e. The fourth-order valence-corrected chi connectivity index (χ4v) is 1.31. The fraction of sp³-hybridized carbons (Fsp3) is 0.818. The predicted molar refractivity (Wildman–Crippen MR) is 64.7 cm³/mol. The SMILES string of the molecule is CNCn1cc(CCOCCOC(C)C)nn1. The summed E-state index contributed by atoms with van der Waals surface area (Å²) in [7, 11) is 1.87. The molecule has 1 aromatic rings. The molecule has 17 heavy (non-hydrogen) atoms. The van der Waals surface area contributed by atoms with Crippen LogP contribution in [0.4, 0.5) is 0 Å². The largest absolute Gasteiger partial charge is 0.379 e. The molecule has 0 bridgehead atoms. The summed E-state index contributed by atoms with van der Waals surface area (Å²) < 4.78 is 12.6. The molecular weight excluding hydrogens is 220 g/mol. The van der Waals surface area contributed by atoms with Gasteiger partial charge in [0.15, 0.2) is 0 Å². The van der Waals surface area contributed by atoms with Gasteiger partial charge in [-0.15, -0.1) is 5.10 Å². The van der Waals surface area contributed by atoms with Gasteiger partial charge in [-0.05, 0) is 20.9 Å². The lowest BCUT2D eigenvalue weighted by Crippen LogP contribution is -2.13. The van der Waals surface area contributed by atoms with Gasteiger partial charge in [0.1, 0.15) is 0 Å². The summed E-state index contributed by atoms with van der Waals surface area (Å²) in [4.78, 5) is 0. The van der Waals surface area contributed by atoms with Gasteiger partial charge in [-0.2, -0.15) is 0 Å². The molecule has 1 heterocycles. The highest BCUT2D eigenvalue weighted by atomic mass is 16.5. The van der Waals surface area contributed by atoms with Crippen LogP contribution in [0.1, 0.15) is 19.5 Å². The van der Waals surface area contributed by atoms with Crippen molar-refractivity contribution >= 4 is 0 Å². The normalized spacial score (nSPS) is 11.3. The summed E-state index contributed by atoms with van der Waals surface area (Å²) in [5.74, 6) is 0. The third kappa shape index (κ3) is 6.35. The topological polar surface area (TPSA) is 61.2 Å². The Labute approximate surface area is 102 Å². The quantitative estimate of drug-likeness (QED) is 0.637. The van der Waals surface area contributed by atoms with Crippen LogP contribution in [-0.2, 0) is 22.6 Å². The third-order valence-corrected chi connectivity index (χ3v) is 2.09. The molecule has 6 heteroatoms. The smallest absolute Gasteiger partial charge is 0.0919 e. The number of aromatic nitrogens is 3. The van der Waals surface area contributed by atoms with E-state index in [0.717, 1.165) is 12.1 Å². The third-order valence-electron chi connectivity index (χ3n) is 2.09. The maximum atomic E-state index is 5.44. The van der Waals surface area contributed by atoms with E-state index in [2.05, 4.69) is 15.6 Å². The molecule has 0 atom stereocenters. The number of hydrogen-bond donors (Lipinski definition) is 1. The Bertz CT molecular complexity index is 301. The first-order valence-electron chi connectivity index (χ1n) is 5.95. The number of nitrogens with one attached hydrogen (secondary N) is 1. The first kappa shape index (κ1) is 14.1. The molecule has 0 radical (unpaired) electrons. The van der Waals surface area contributed by atoms with Gasteiger partial charge in [0, 0.05) is 6.42 Å². The van der Waals surface area contributed by atoms with Crippen molar-refractivity contribution in [2.45, 2.75) is 33.0 Å². The zero-order valence-electron chi connectivity index (χ0n) is 10.8. The minimum Gasteiger partial charge on any atom is -0.379 e. The Morgan fingerprint density at radius 1 is 1.35 bits per heavy atom. The van der Waals surface area contributed by atoms with Gasteiger partial charge >= 0.3 is 0 Å². The van der Waals surface area contributed by atoms with Crippen molar-refractivity contribution in [1.29, 1.82) is 0 Å². The Kier molecular flexibility index (Phi) is 6.76. The van der Waals surface area contributed by atoms with E-state index in [1.165, 1.54) is 0 Å². The molecule has 6 nitrogen and oxygen atoms in total. The molecule has 0 amide bonds. The van der Waals surface area contributed by atoms with E-state index in [0.29, 0.717) is 26.5 Å². The van der Waals surface area contributed by atoms with E-state index in [1.807, 2.05) is 27.1 Å². The summed E-state index contributed by atoms with van der Waals surface area (Å²) in [5.41, 5.74) is 0.949. The van der Waals surface area contributed by atoms with Gasteiger partial charge in [0.05, 0.1) is 44.5 Å². The monoisotopic (exact) mass is 242 g/mol. The van der Waals surface area contributed by atoms with Gasteiger partial charge in [-0.1, -0.05) is 5.21 Å². The van der Waals surface area contributed by atoms with Crippen LogP contribution >= 0.6 is 0 Å². The zero-order valence-corrected chi connectivity index (χ0v) is 10.8. The number of nitrogens with zero attached hydrogens (tertiary/aromatic N) is 3. The van der Waals surface area contributed by atoms with Crippen LogP contribution < -0.4 is 5.32 Å². The standard InChI is InChI=1S/C11H22N4O2/c1-10(2)17-7-6-16-5-4-11-8-15(9-12-3)14-13-11/h8,10,12H,4-7,9H2,1-3H3. The molecule has 0 aliphatic rings. The average Bonchev–Trinajstić information content (AvgIpc) is 2.71. The summed E-state index contributed by atoms with van der Waals surface area (Å²) in [6.45, 7) is 6.63. The molecule has 0 saturated heterocycles. The van der Waals surface area contributed by atoms with Crippen molar-refractivity contribution < 1.29 is 9.47 Å². The maximum absolute atomic E-state index is 5.44. The molecule has 1 aromatic heterocycles. The van der Waals surface area contributed by atoms with E-state index in [-0.39, 0.29) is 6.10 Å². The molecule has 0 unspecified atom stereocenters. The van der Waals surface area contributed by atoms with Crippen molar-refractivity contribution in [2.24, 2.45) is 0 Å². The van der Waals surface area contributed by atoms with Gasteiger partial charge in [-0.25, -0.2) is 4.68 Å². The van der Waals surface area contributed by atoms with E-state index >= 15 is 0 Å². The van der Waals surface area contributed by atoms with E-state index in [4.69, 9.17) is 9.47 Å². The molecular formula is C11H22N4O2. The van der Waals surface area contributed by atoms with Gasteiger partial charge in [-0.3, -0.25) is 0 Å². The summed E-state index contributed by atoms with van der Waals surface area (Å²) in [6.07, 6.45) is 2.97. The number of rotatable bonds is 9. The average molecular weight is 242 g/mol.